The minimum atomic E-state index is -0.482. The first-order valence-corrected chi connectivity index (χ1v) is 5.81. The summed E-state index contributed by atoms with van der Waals surface area (Å²) in [5.74, 6) is -1.40. The molecule has 4 nitrogen and oxygen atoms in total. The summed E-state index contributed by atoms with van der Waals surface area (Å²) < 4.78 is 13.0. The molecule has 1 rings (SSSR count). The van der Waals surface area contributed by atoms with E-state index in [1.165, 1.54) is 18.2 Å². The van der Waals surface area contributed by atoms with Gasteiger partial charge in [0.2, 0.25) is 5.91 Å². The molecular weight excluding hydrogens is 235 g/mol. The summed E-state index contributed by atoms with van der Waals surface area (Å²) in [6, 6.07) is 5.47. The number of hydrogen-bond donors (Lipinski definition) is 2. The molecule has 1 aromatic rings. The van der Waals surface area contributed by atoms with E-state index in [-0.39, 0.29) is 23.7 Å². The van der Waals surface area contributed by atoms with Crippen LogP contribution in [0.1, 0.15) is 23.7 Å². The number of hydrogen-bond acceptors (Lipinski definition) is 3. The van der Waals surface area contributed by atoms with Gasteiger partial charge in [0.1, 0.15) is 5.82 Å². The fourth-order valence-electron chi connectivity index (χ4n) is 1.58. The molecule has 1 amide bonds. The van der Waals surface area contributed by atoms with Crippen LogP contribution in [0, 0.1) is 11.7 Å². The van der Waals surface area contributed by atoms with Gasteiger partial charge in [0.25, 0.3) is 0 Å². The third-order valence-corrected chi connectivity index (χ3v) is 2.51. The van der Waals surface area contributed by atoms with Crippen LogP contribution in [0.2, 0.25) is 0 Å². The van der Waals surface area contributed by atoms with Crippen LogP contribution in [-0.4, -0.2) is 24.8 Å². The van der Waals surface area contributed by atoms with Crippen molar-refractivity contribution >= 4 is 11.7 Å². The SMILES string of the molecule is CC(CC(=O)NCCN)C(=O)c1cccc(F)c1. The van der Waals surface area contributed by atoms with E-state index in [2.05, 4.69) is 5.32 Å². The molecule has 3 N–H and O–H groups in total. The van der Waals surface area contributed by atoms with E-state index >= 15 is 0 Å². The van der Waals surface area contributed by atoms with E-state index in [0.717, 1.165) is 0 Å². The van der Waals surface area contributed by atoms with Crippen LogP contribution in [0.3, 0.4) is 0 Å². The molecule has 0 saturated heterocycles. The molecule has 0 aliphatic carbocycles. The molecule has 18 heavy (non-hydrogen) atoms. The van der Waals surface area contributed by atoms with Crippen molar-refractivity contribution in [3.63, 3.8) is 0 Å². The average Bonchev–Trinajstić information content (AvgIpc) is 2.35. The number of carbonyl (C=O) groups excluding carboxylic acids is 2. The molecule has 0 bridgehead atoms. The number of rotatable bonds is 6. The lowest BCUT2D eigenvalue weighted by Crippen LogP contribution is -2.31. The van der Waals surface area contributed by atoms with Crippen LogP contribution in [0.4, 0.5) is 4.39 Å². The summed E-state index contributed by atoms with van der Waals surface area (Å²) in [7, 11) is 0. The number of ketones is 1. The maximum Gasteiger partial charge on any atom is 0.220 e. The summed E-state index contributed by atoms with van der Waals surface area (Å²) in [5.41, 5.74) is 5.54. The van der Waals surface area contributed by atoms with Gasteiger partial charge >= 0.3 is 0 Å². The van der Waals surface area contributed by atoms with Gasteiger partial charge in [-0.05, 0) is 12.1 Å². The lowest BCUT2D eigenvalue weighted by atomic mass is 9.96. The predicted molar refractivity (Wildman–Crippen MR) is 66.6 cm³/mol. The molecular formula is C13H17FN2O2. The number of benzene rings is 1. The summed E-state index contributed by atoms with van der Waals surface area (Å²) in [6.07, 6.45) is 0.0787. The third kappa shape index (κ3) is 4.25. The van der Waals surface area contributed by atoms with Crippen molar-refractivity contribution in [1.82, 2.24) is 5.32 Å². The second-order valence-corrected chi connectivity index (χ2v) is 4.12. The fraction of sp³-hybridized carbons (Fsp3) is 0.385. The van der Waals surface area contributed by atoms with E-state index in [4.69, 9.17) is 5.73 Å². The number of nitrogens with two attached hydrogens (primary N) is 1. The third-order valence-electron chi connectivity index (χ3n) is 2.51. The molecule has 98 valence electrons. The molecule has 0 fully saturated rings. The second-order valence-electron chi connectivity index (χ2n) is 4.12. The Kier molecular flexibility index (Phi) is 5.45. The smallest absolute Gasteiger partial charge is 0.220 e. The zero-order chi connectivity index (χ0) is 13.5. The van der Waals surface area contributed by atoms with Crippen LogP contribution in [0.15, 0.2) is 24.3 Å². The molecule has 0 saturated carbocycles. The minimum absolute atomic E-state index is 0.0787. The van der Waals surface area contributed by atoms with Gasteiger partial charge in [0, 0.05) is 31.0 Å². The van der Waals surface area contributed by atoms with E-state index in [9.17, 15) is 14.0 Å². The first-order valence-electron chi connectivity index (χ1n) is 5.81. The Morgan fingerprint density at radius 2 is 2.17 bits per heavy atom. The second kappa shape index (κ2) is 6.86. The number of Topliss-reactive ketones (excluding diaryl/α,β-unsaturated/α-hetero) is 1. The van der Waals surface area contributed by atoms with E-state index in [0.29, 0.717) is 13.1 Å². The van der Waals surface area contributed by atoms with E-state index in [1.807, 2.05) is 0 Å². The number of nitrogens with one attached hydrogen (secondary N) is 1. The lowest BCUT2D eigenvalue weighted by molar-refractivity contribution is -0.121. The standard InChI is InChI=1S/C13H17FN2O2/c1-9(7-12(17)16-6-5-15)13(18)10-3-2-4-11(14)8-10/h2-4,8-9H,5-7,15H2,1H3,(H,16,17). The highest BCUT2D eigenvalue weighted by Crippen LogP contribution is 2.13. The number of carbonyl (C=O) groups is 2. The molecule has 0 aromatic heterocycles. The van der Waals surface area contributed by atoms with Gasteiger partial charge in [0.15, 0.2) is 5.78 Å². The summed E-state index contributed by atoms with van der Waals surface area (Å²) >= 11 is 0. The van der Waals surface area contributed by atoms with Gasteiger partial charge in [0.05, 0.1) is 0 Å². The van der Waals surface area contributed by atoms with Crippen molar-refractivity contribution in [2.75, 3.05) is 13.1 Å². The Bertz CT molecular complexity index is 435. The highest BCUT2D eigenvalue weighted by molar-refractivity contribution is 5.99. The van der Waals surface area contributed by atoms with Crippen LogP contribution in [0.25, 0.3) is 0 Å². The van der Waals surface area contributed by atoms with Gasteiger partial charge < -0.3 is 11.1 Å². The summed E-state index contributed by atoms with van der Waals surface area (Å²) in [5, 5.41) is 2.59. The molecule has 0 heterocycles. The quantitative estimate of drug-likeness (QED) is 0.745. The largest absolute Gasteiger partial charge is 0.355 e. The first-order chi connectivity index (χ1) is 8.54. The maximum atomic E-state index is 13.0. The van der Waals surface area contributed by atoms with Gasteiger partial charge in [-0.3, -0.25) is 9.59 Å². The fourth-order valence-corrected chi connectivity index (χ4v) is 1.58. The Morgan fingerprint density at radius 1 is 1.44 bits per heavy atom. The molecule has 5 heteroatoms. The van der Waals surface area contributed by atoms with Crippen LogP contribution >= 0.6 is 0 Å². The van der Waals surface area contributed by atoms with Gasteiger partial charge in [-0.25, -0.2) is 4.39 Å². The molecule has 0 aliphatic rings. The molecule has 0 aliphatic heterocycles. The van der Waals surface area contributed by atoms with Crippen molar-refractivity contribution in [3.05, 3.63) is 35.6 Å². The van der Waals surface area contributed by atoms with Crippen LogP contribution in [0.5, 0.6) is 0 Å². The van der Waals surface area contributed by atoms with Crippen LogP contribution < -0.4 is 11.1 Å². The molecule has 0 spiro atoms. The molecule has 1 atom stereocenters. The zero-order valence-electron chi connectivity index (χ0n) is 10.3. The van der Waals surface area contributed by atoms with Crippen LogP contribution in [-0.2, 0) is 4.79 Å². The van der Waals surface area contributed by atoms with Crippen molar-refractivity contribution in [3.8, 4) is 0 Å². The predicted octanol–water partition coefficient (Wildman–Crippen LogP) is 1.11. The summed E-state index contributed by atoms with van der Waals surface area (Å²) in [6.45, 7) is 2.40. The van der Waals surface area contributed by atoms with Gasteiger partial charge in [-0.15, -0.1) is 0 Å². The highest BCUT2D eigenvalue weighted by atomic mass is 19.1. The normalized spacial score (nSPS) is 11.9. The van der Waals surface area contributed by atoms with Gasteiger partial charge in [-0.2, -0.15) is 0 Å². The monoisotopic (exact) mass is 252 g/mol. The Morgan fingerprint density at radius 3 is 2.78 bits per heavy atom. The minimum Gasteiger partial charge on any atom is -0.355 e. The highest BCUT2D eigenvalue weighted by Gasteiger charge is 2.18. The lowest BCUT2D eigenvalue weighted by Gasteiger charge is -2.10. The average molecular weight is 252 g/mol. The molecule has 1 aromatic carbocycles. The van der Waals surface area contributed by atoms with E-state index < -0.39 is 11.7 Å². The van der Waals surface area contributed by atoms with Gasteiger partial charge in [-0.1, -0.05) is 19.1 Å². The van der Waals surface area contributed by atoms with Crippen molar-refractivity contribution in [2.24, 2.45) is 11.7 Å². The van der Waals surface area contributed by atoms with Crippen molar-refractivity contribution < 1.29 is 14.0 Å². The topological polar surface area (TPSA) is 72.2 Å². The Labute approximate surface area is 105 Å². The maximum absolute atomic E-state index is 13.0. The van der Waals surface area contributed by atoms with E-state index in [1.54, 1.807) is 13.0 Å². The molecule has 1 unspecified atom stereocenters. The Balaban J connectivity index is 2.59. The van der Waals surface area contributed by atoms with Crippen molar-refractivity contribution in [2.45, 2.75) is 13.3 Å². The summed E-state index contributed by atoms with van der Waals surface area (Å²) in [4.78, 5) is 23.4. The first kappa shape index (κ1) is 14.3. The molecule has 0 radical (unpaired) electrons. The van der Waals surface area contributed by atoms with Crippen molar-refractivity contribution in [1.29, 1.82) is 0 Å². The Hall–Kier alpha value is -1.75. The number of amides is 1. The number of halogens is 1. The zero-order valence-corrected chi connectivity index (χ0v) is 10.3.